The molecule has 3 nitrogen and oxygen atoms in total. The molecule has 1 aromatic heterocycles. The molecule has 0 aromatic carbocycles. The topological polar surface area (TPSA) is 52.3 Å². The van der Waals surface area contributed by atoms with Gasteiger partial charge in [-0.2, -0.15) is 0 Å². The lowest BCUT2D eigenvalue weighted by Gasteiger charge is -1.98. The summed E-state index contributed by atoms with van der Waals surface area (Å²) in [5.74, 6) is -0.416. The van der Waals surface area contributed by atoms with Gasteiger partial charge in [0.1, 0.15) is 6.61 Å². The summed E-state index contributed by atoms with van der Waals surface area (Å²) in [4.78, 5) is 11.5. The Morgan fingerprint density at radius 2 is 2.50 bits per heavy atom. The van der Waals surface area contributed by atoms with Crippen LogP contribution in [0.2, 0.25) is 0 Å². The number of carbonyl (C=O) groups is 1. The molecule has 0 saturated carbocycles. The molecule has 0 aliphatic heterocycles. The van der Waals surface area contributed by atoms with Gasteiger partial charge in [-0.3, -0.25) is 4.79 Å². The fourth-order valence-corrected chi connectivity index (χ4v) is 1.49. The number of amides is 1. The Morgan fingerprint density at radius 1 is 1.67 bits per heavy atom. The van der Waals surface area contributed by atoms with Crippen molar-refractivity contribution in [2.75, 3.05) is 13.2 Å². The monoisotopic (exact) mass is 185 g/mol. The molecule has 0 saturated heterocycles. The third-order valence-electron chi connectivity index (χ3n) is 1.32. The van der Waals surface area contributed by atoms with Gasteiger partial charge in [-0.15, -0.1) is 11.3 Å². The molecule has 0 unspecified atom stereocenters. The Balaban J connectivity index is 2.07. The molecule has 66 valence electrons. The first-order chi connectivity index (χ1) is 5.79. The second kappa shape index (κ2) is 4.90. The number of carbonyl (C=O) groups excluding carboxylic acids is 1. The number of hydrogen-bond donors (Lipinski definition) is 1. The van der Waals surface area contributed by atoms with Crippen molar-refractivity contribution in [1.82, 2.24) is 0 Å². The third-order valence-corrected chi connectivity index (χ3v) is 2.25. The summed E-state index contributed by atoms with van der Waals surface area (Å²) >= 11 is 1.69. The molecule has 0 fully saturated rings. The van der Waals surface area contributed by atoms with Crippen LogP contribution in [0.15, 0.2) is 17.5 Å². The second-order valence-electron chi connectivity index (χ2n) is 2.35. The van der Waals surface area contributed by atoms with Crippen LogP contribution >= 0.6 is 11.3 Å². The predicted octanol–water partition coefficient (Wildman–Crippen LogP) is 0.792. The summed E-state index contributed by atoms with van der Waals surface area (Å²) in [6.45, 7) is 0.578. The minimum atomic E-state index is -0.416. The van der Waals surface area contributed by atoms with E-state index in [0.29, 0.717) is 6.61 Å². The summed E-state index contributed by atoms with van der Waals surface area (Å²) in [6.07, 6.45) is 0.852. The molecule has 0 aliphatic rings. The van der Waals surface area contributed by atoms with E-state index in [-0.39, 0.29) is 6.61 Å². The van der Waals surface area contributed by atoms with E-state index in [4.69, 9.17) is 10.5 Å². The predicted molar refractivity (Wildman–Crippen MR) is 48.0 cm³/mol. The highest BCUT2D eigenvalue weighted by atomic mass is 32.1. The van der Waals surface area contributed by atoms with Gasteiger partial charge in [-0.1, -0.05) is 6.07 Å². The maximum absolute atomic E-state index is 10.3. The van der Waals surface area contributed by atoms with Crippen LogP contribution in [0.5, 0.6) is 0 Å². The molecule has 0 bridgehead atoms. The lowest BCUT2D eigenvalue weighted by atomic mass is 10.4. The normalized spacial score (nSPS) is 10.0. The van der Waals surface area contributed by atoms with Crippen LogP contribution in [0.4, 0.5) is 0 Å². The molecule has 1 aromatic rings. The van der Waals surface area contributed by atoms with E-state index in [1.807, 2.05) is 17.5 Å². The molecule has 1 rings (SSSR count). The van der Waals surface area contributed by atoms with Crippen LogP contribution in [0.25, 0.3) is 0 Å². The summed E-state index contributed by atoms with van der Waals surface area (Å²) < 4.78 is 5.00. The SMILES string of the molecule is NC(=O)COCCc1cccs1. The summed E-state index contributed by atoms with van der Waals surface area (Å²) in [7, 11) is 0. The Morgan fingerprint density at radius 3 is 3.08 bits per heavy atom. The van der Waals surface area contributed by atoms with Crippen LogP contribution < -0.4 is 5.73 Å². The Labute approximate surface area is 75.1 Å². The van der Waals surface area contributed by atoms with E-state index < -0.39 is 5.91 Å². The fourth-order valence-electron chi connectivity index (χ4n) is 0.800. The quantitative estimate of drug-likeness (QED) is 0.689. The maximum Gasteiger partial charge on any atom is 0.243 e. The zero-order valence-electron chi connectivity index (χ0n) is 6.66. The first kappa shape index (κ1) is 9.22. The van der Waals surface area contributed by atoms with Crippen LogP contribution in [-0.4, -0.2) is 19.1 Å². The molecule has 0 spiro atoms. The average molecular weight is 185 g/mol. The zero-order chi connectivity index (χ0) is 8.81. The minimum Gasteiger partial charge on any atom is -0.371 e. The van der Waals surface area contributed by atoms with E-state index in [0.717, 1.165) is 6.42 Å². The molecule has 12 heavy (non-hydrogen) atoms. The number of thiophene rings is 1. The van der Waals surface area contributed by atoms with Gasteiger partial charge in [-0.05, 0) is 11.4 Å². The number of ether oxygens (including phenoxy) is 1. The first-order valence-corrected chi connectivity index (χ1v) is 4.55. The van der Waals surface area contributed by atoms with Crippen molar-refractivity contribution >= 4 is 17.2 Å². The van der Waals surface area contributed by atoms with Gasteiger partial charge < -0.3 is 10.5 Å². The van der Waals surface area contributed by atoms with Gasteiger partial charge in [0.15, 0.2) is 0 Å². The molecule has 2 N–H and O–H groups in total. The zero-order valence-corrected chi connectivity index (χ0v) is 7.47. The summed E-state index contributed by atoms with van der Waals surface area (Å²) in [6, 6.07) is 4.03. The molecule has 0 aliphatic carbocycles. The van der Waals surface area contributed by atoms with Crippen molar-refractivity contribution in [2.24, 2.45) is 5.73 Å². The fraction of sp³-hybridized carbons (Fsp3) is 0.375. The molecule has 0 radical (unpaired) electrons. The summed E-state index contributed by atoms with van der Waals surface area (Å²) in [5.41, 5.74) is 4.89. The number of primary amides is 1. The van der Waals surface area contributed by atoms with Gasteiger partial charge in [0.2, 0.25) is 5.91 Å². The van der Waals surface area contributed by atoms with Gasteiger partial charge in [-0.25, -0.2) is 0 Å². The van der Waals surface area contributed by atoms with Crippen LogP contribution in [0.1, 0.15) is 4.88 Å². The van der Waals surface area contributed by atoms with Crippen molar-refractivity contribution in [3.63, 3.8) is 0 Å². The van der Waals surface area contributed by atoms with Crippen molar-refractivity contribution in [2.45, 2.75) is 6.42 Å². The first-order valence-electron chi connectivity index (χ1n) is 3.67. The molecule has 0 atom stereocenters. The van der Waals surface area contributed by atoms with Crippen molar-refractivity contribution in [3.05, 3.63) is 22.4 Å². The Hall–Kier alpha value is -0.870. The van der Waals surface area contributed by atoms with Crippen LogP contribution in [0.3, 0.4) is 0 Å². The number of hydrogen-bond acceptors (Lipinski definition) is 3. The van der Waals surface area contributed by atoms with Crippen LogP contribution in [-0.2, 0) is 16.0 Å². The van der Waals surface area contributed by atoms with E-state index in [9.17, 15) is 4.79 Å². The molecular weight excluding hydrogens is 174 g/mol. The Bertz CT molecular complexity index is 233. The number of rotatable bonds is 5. The highest BCUT2D eigenvalue weighted by Gasteiger charge is 1.95. The molecular formula is C8H11NO2S. The smallest absolute Gasteiger partial charge is 0.243 e. The minimum absolute atomic E-state index is 0.0192. The van der Waals surface area contributed by atoms with Gasteiger partial charge in [0.05, 0.1) is 6.61 Å². The van der Waals surface area contributed by atoms with E-state index >= 15 is 0 Å². The van der Waals surface area contributed by atoms with Gasteiger partial charge in [0, 0.05) is 11.3 Å². The highest BCUT2D eigenvalue weighted by molar-refractivity contribution is 7.09. The standard InChI is InChI=1S/C8H11NO2S/c9-8(10)6-11-4-3-7-2-1-5-12-7/h1-2,5H,3-4,6H2,(H2,9,10). The van der Waals surface area contributed by atoms with Crippen molar-refractivity contribution < 1.29 is 9.53 Å². The lowest BCUT2D eigenvalue weighted by molar-refractivity contribution is -0.122. The van der Waals surface area contributed by atoms with Crippen molar-refractivity contribution in [3.8, 4) is 0 Å². The molecule has 1 amide bonds. The van der Waals surface area contributed by atoms with Crippen LogP contribution in [0, 0.1) is 0 Å². The third kappa shape index (κ3) is 3.50. The van der Waals surface area contributed by atoms with E-state index in [1.54, 1.807) is 11.3 Å². The highest BCUT2D eigenvalue weighted by Crippen LogP contribution is 2.08. The maximum atomic E-state index is 10.3. The van der Waals surface area contributed by atoms with E-state index in [2.05, 4.69) is 0 Å². The van der Waals surface area contributed by atoms with Gasteiger partial charge in [0.25, 0.3) is 0 Å². The van der Waals surface area contributed by atoms with Gasteiger partial charge >= 0.3 is 0 Å². The average Bonchev–Trinajstić information content (AvgIpc) is 2.49. The Kier molecular flexibility index (Phi) is 3.76. The second-order valence-corrected chi connectivity index (χ2v) is 3.38. The largest absolute Gasteiger partial charge is 0.371 e. The number of nitrogens with two attached hydrogens (primary N) is 1. The molecule has 4 heteroatoms. The molecule has 1 heterocycles. The van der Waals surface area contributed by atoms with Crippen molar-refractivity contribution in [1.29, 1.82) is 0 Å². The van der Waals surface area contributed by atoms with E-state index in [1.165, 1.54) is 4.88 Å². The summed E-state index contributed by atoms with van der Waals surface area (Å²) in [5, 5.41) is 2.02. The lowest BCUT2D eigenvalue weighted by Crippen LogP contribution is -2.18.